The average Bonchev–Trinajstić information content (AvgIpc) is 2.83. The van der Waals surface area contributed by atoms with Gasteiger partial charge in [-0.3, -0.25) is 5.10 Å². The molecule has 0 spiro atoms. The number of aliphatic hydroxyl groups is 1. The lowest BCUT2D eigenvalue weighted by Gasteiger charge is -2.06. The van der Waals surface area contributed by atoms with Gasteiger partial charge in [0.2, 0.25) is 0 Å². The van der Waals surface area contributed by atoms with Crippen LogP contribution in [0.4, 0.5) is 0 Å². The van der Waals surface area contributed by atoms with Gasteiger partial charge in [-0.05, 0) is 19.8 Å². The molecule has 0 amide bonds. The van der Waals surface area contributed by atoms with Crippen LogP contribution in [0.5, 0.6) is 0 Å². The van der Waals surface area contributed by atoms with Gasteiger partial charge in [-0.25, -0.2) is 13.1 Å². The third-order valence-corrected chi connectivity index (χ3v) is 4.32. The Morgan fingerprint density at radius 2 is 2.05 bits per heavy atom. The van der Waals surface area contributed by atoms with E-state index in [0.717, 1.165) is 6.42 Å². The molecule has 0 saturated heterocycles. The number of ether oxygens (including phenoxy) is 2. The van der Waals surface area contributed by atoms with E-state index in [1.807, 2.05) is 0 Å². The van der Waals surface area contributed by atoms with Gasteiger partial charge < -0.3 is 14.6 Å². The van der Waals surface area contributed by atoms with Crippen molar-refractivity contribution in [2.75, 3.05) is 33.5 Å². The SMILES string of the molecule is COCCOCCCCNS(=O)(=O)c1n[nH]c(C)c1CO. The Labute approximate surface area is 124 Å². The largest absolute Gasteiger partial charge is 0.392 e. The summed E-state index contributed by atoms with van der Waals surface area (Å²) in [5.41, 5.74) is 0.842. The van der Waals surface area contributed by atoms with Gasteiger partial charge in [-0.2, -0.15) is 5.10 Å². The molecule has 0 aromatic carbocycles. The standard InChI is InChI=1S/C12H23N3O5S/c1-10-11(9-16)12(15-14-10)21(17,18)13-5-3-4-6-20-8-7-19-2/h13,16H,3-9H2,1-2H3,(H,14,15). The van der Waals surface area contributed by atoms with Crippen LogP contribution in [-0.4, -0.2) is 57.2 Å². The predicted molar refractivity (Wildman–Crippen MR) is 76.4 cm³/mol. The maximum Gasteiger partial charge on any atom is 0.260 e. The highest BCUT2D eigenvalue weighted by Gasteiger charge is 2.22. The van der Waals surface area contributed by atoms with Gasteiger partial charge in [-0.1, -0.05) is 0 Å². The Morgan fingerprint density at radius 1 is 1.29 bits per heavy atom. The van der Waals surface area contributed by atoms with Crippen LogP contribution in [0.1, 0.15) is 24.1 Å². The summed E-state index contributed by atoms with van der Waals surface area (Å²) >= 11 is 0. The molecule has 8 nitrogen and oxygen atoms in total. The van der Waals surface area contributed by atoms with E-state index in [0.29, 0.717) is 44.0 Å². The topological polar surface area (TPSA) is 114 Å². The second-order valence-corrected chi connectivity index (χ2v) is 6.18. The fourth-order valence-corrected chi connectivity index (χ4v) is 2.94. The lowest BCUT2D eigenvalue weighted by Crippen LogP contribution is -2.26. The van der Waals surface area contributed by atoms with Gasteiger partial charge in [0, 0.05) is 31.5 Å². The normalized spacial score (nSPS) is 12.0. The Morgan fingerprint density at radius 3 is 2.71 bits per heavy atom. The van der Waals surface area contributed by atoms with Gasteiger partial charge in [0.1, 0.15) is 0 Å². The maximum atomic E-state index is 12.0. The Hall–Kier alpha value is -1.00. The third-order valence-electron chi connectivity index (χ3n) is 2.89. The molecular weight excluding hydrogens is 298 g/mol. The molecule has 122 valence electrons. The van der Waals surface area contributed by atoms with Crippen LogP contribution in [0.25, 0.3) is 0 Å². The zero-order valence-electron chi connectivity index (χ0n) is 12.4. The average molecular weight is 321 g/mol. The van der Waals surface area contributed by atoms with Gasteiger partial charge >= 0.3 is 0 Å². The number of unbranched alkanes of at least 4 members (excludes halogenated alkanes) is 1. The van der Waals surface area contributed by atoms with Gasteiger partial charge in [0.05, 0.1) is 19.8 Å². The highest BCUT2D eigenvalue weighted by Crippen LogP contribution is 2.15. The van der Waals surface area contributed by atoms with Crippen molar-refractivity contribution in [3.8, 4) is 0 Å². The van der Waals surface area contributed by atoms with Crippen LogP contribution >= 0.6 is 0 Å². The molecule has 9 heteroatoms. The van der Waals surface area contributed by atoms with Gasteiger partial charge in [0.15, 0.2) is 5.03 Å². The zero-order valence-corrected chi connectivity index (χ0v) is 13.2. The third kappa shape index (κ3) is 5.71. The summed E-state index contributed by atoms with van der Waals surface area (Å²) in [6, 6.07) is 0. The highest BCUT2D eigenvalue weighted by atomic mass is 32.2. The molecule has 1 aromatic rings. The predicted octanol–water partition coefficient (Wildman–Crippen LogP) is -0.0681. The van der Waals surface area contributed by atoms with Crippen molar-refractivity contribution in [3.63, 3.8) is 0 Å². The lowest BCUT2D eigenvalue weighted by atomic mass is 10.3. The maximum absolute atomic E-state index is 12.0. The number of rotatable bonds is 11. The summed E-state index contributed by atoms with van der Waals surface area (Å²) in [6.07, 6.45) is 1.41. The number of aromatic nitrogens is 2. The van der Waals surface area contributed by atoms with E-state index in [1.54, 1.807) is 14.0 Å². The van der Waals surface area contributed by atoms with Crippen LogP contribution < -0.4 is 4.72 Å². The molecule has 1 heterocycles. The molecule has 0 fully saturated rings. The van der Waals surface area contributed by atoms with Crippen LogP contribution in [-0.2, 0) is 26.1 Å². The smallest absolute Gasteiger partial charge is 0.260 e. The summed E-state index contributed by atoms with van der Waals surface area (Å²) in [4.78, 5) is 0. The first kappa shape index (κ1) is 18.1. The molecule has 0 saturated carbocycles. The number of methoxy groups -OCH3 is 1. The minimum atomic E-state index is -3.70. The van der Waals surface area contributed by atoms with Gasteiger partial charge in [-0.15, -0.1) is 0 Å². The van der Waals surface area contributed by atoms with E-state index < -0.39 is 10.0 Å². The molecule has 3 N–H and O–H groups in total. The second kappa shape index (κ2) is 9.11. The van der Waals surface area contributed by atoms with E-state index >= 15 is 0 Å². The first-order valence-corrected chi connectivity index (χ1v) is 8.22. The molecule has 1 aromatic heterocycles. The number of hydrogen-bond acceptors (Lipinski definition) is 6. The first-order chi connectivity index (χ1) is 10.0. The molecule has 1 rings (SSSR count). The highest BCUT2D eigenvalue weighted by molar-refractivity contribution is 7.89. The number of sulfonamides is 1. The van der Waals surface area contributed by atoms with E-state index in [-0.39, 0.29) is 11.6 Å². The van der Waals surface area contributed by atoms with E-state index in [9.17, 15) is 13.5 Å². The fraction of sp³-hybridized carbons (Fsp3) is 0.750. The van der Waals surface area contributed by atoms with Crippen LogP contribution in [0.3, 0.4) is 0 Å². The molecule has 0 aliphatic carbocycles. The summed E-state index contributed by atoms with van der Waals surface area (Å²) in [6.45, 7) is 3.24. The minimum Gasteiger partial charge on any atom is -0.392 e. The van der Waals surface area contributed by atoms with E-state index in [1.165, 1.54) is 0 Å². The monoisotopic (exact) mass is 321 g/mol. The number of nitrogens with one attached hydrogen (secondary N) is 2. The fourth-order valence-electron chi connectivity index (χ4n) is 1.69. The molecule has 0 aliphatic rings. The van der Waals surface area contributed by atoms with Crippen molar-refractivity contribution in [1.82, 2.24) is 14.9 Å². The van der Waals surface area contributed by atoms with Crippen molar-refractivity contribution in [2.45, 2.75) is 31.4 Å². The van der Waals surface area contributed by atoms with Crippen molar-refractivity contribution in [2.24, 2.45) is 0 Å². The van der Waals surface area contributed by atoms with Crippen LogP contribution in [0, 0.1) is 6.92 Å². The van der Waals surface area contributed by atoms with E-state index in [2.05, 4.69) is 14.9 Å². The van der Waals surface area contributed by atoms with Gasteiger partial charge in [0.25, 0.3) is 10.0 Å². The van der Waals surface area contributed by atoms with Crippen LogP contribution in [0.2, 0.25) is 0 Å². The Bertz CT molecular complexity index is 515. The minimum absolute atomic E-state index is 0.140. The molecule has 0 unspecified atom stereocenters. The summed E-state index contributed by atoms with van der Waals surface area (Å²) in [5, 5.41) is 15.3. The number of aliphatic hydroxyl groups excluding tert-OH is 1. The summed E-state index contributed by atoms with van der Waals surface area (Å²) in [5.74, 6) is 0. The molecular formula is C12H23N3O5S. The van der Waals surface area contributed by atoms with Crippen molar-refractivity contribution >= 4 is 10.0 Å². The molecule has 0 bridgehead atoms. The molecule has 0 atom stereocenters. The zero-order chi connectivity index (χ0) is 15.7. The Balaban J connectivity index is 2.33. The van der Waals surface area contributed by atoms with Crippen molar-refractivity contribution in [1.29, 1.82) is 0 Å². The molecule has 0 aliphatic heterocycles. The number of aromatic amines is 1. The Kier molecular flexibility index (Phi) is 7.83. The number of aryl methyl sites for hydroxylation is 1. The number of H-pyrrole nitrogens is 1. The number of nitrogens with zero attached hydrogens (tertiary/aromatic N) is 1. The quantitative estimate of drug-likeness (QED) is 0.492. The molecule has 21 heavy (non-hydrogen) atoms. The van der Waals surface area contributed by atoms with Crippen LogP contribution in [0.15, 0.2) is 5.03 Å². The summed E-state index contributed by atoms with van der Waals surface area (Å²) in [7, 11) is -2.09. The second-order valence-electron chi connectivity index (χ2n) is 4.50. The summed E-state index contributed by atoms with van der Waals surface area (Å²) < 4.78 is 36.7. The van der Waals surface area contributed by atoms with E-state index in [4.69, 9.17) is 9.47 Å². The number of hydrogen-bond donors (Lipinski definition) is 3. The van der Waals surface area contributed by atoms with Crippen molar-refractivity contribution < 1.29 is 23.0 Å². The lowest BCUT2D eigenvalue weighted by molar-refractivity contribution is 0.0689. The molecule has 0 radical (unpaired) electrons. The first-order valence-electron chi connectivity index (χ1n) is 6.74. The van der Waals surface area contributed by atoms with Crippen molar-refractivity contribution in [3.05, 3.63) is 11.3 Å².